The molecule has 0 radical (unpaired) electrons. The maximum Gasteiger partial charge on any atom is 0.146 e. The van der Waals surface area contributed by atoms with Gasteiger partial charge in [0.05, 0.1) is 17.8 Å². The number of ether oxygens (including phenoxy) is 1. The largest absolute Gasteiger partial charge is 0.376 e. The molecule has 0 saturated carbocycles. The van der Waals surface area contributed by atoms with Crippen molar-refractivity contribution in [3.05, 3.63) is 29.6 Å². The van der Waals surface area contributed by atoms with Gasteiger partial charge in [-0.2, -0.15) is 0 Å². The molecular formula is C15H23FN2O. The van der Waals surface area contributed by atoms with Gasteiger partial charge in [-0.05, 0) is 45.0 Å². The lowest BCUT2D eigenvalue weighted by Crippen LogP contribution is -2.37. The van der Waals surface area contributed by atoms with Gasteiger partial charge >= 0.3 is 0 Å². The Bertz CT molecular complexity index is 438. The number of anilines is 1. The summed E-state index contributed by atoms with van der Waals surface area (Å²) in [7, 11) is 3.82. The minimum absolute atomic E-state index is 0.153. The Hall–Kier alpha value is -1.13. The first-order valence-corrected chi connectivity index (χ1v) is 6.85. The summed E-state index contributed by atoms with van der Waals surface area (Å²) in [5, 5.41) is 3.12. The summed E-state index contributed by atoms with van der Waals surface area (Å²) in [6.45, 7) is 4.82. The average molecular weight is 266 g/mol. The normalized spacial score (nSPS) is 24.5. The third kappa shape index (κ3) is 2.90. The quantitative estimate of drug-likeness (QED) is 0.907. The molecule has 19 heavy (non-hydrogen) atoms. The van der Waals surface area contributed by atoms with Crippen LogP contribution >= 0.6 is 0 Å². The molecule has 1 aromatic carbocycles. The highest BCUT2D eigenvalue weighted by Crippen LogP contribution is 2.28. The predicted molar refractivity (Wildman–Crippen MR) is 76.1 cm³/mol. The Labute approximate surface area is 114 Å². The Balaban J connectivity index is 2.20. The predicted octanol–water partition coefficient (Wildman–Crippen LogP) is 2.72. The lowest BCUT2D eigenvalue weighted by Gasteiger charge is -2.29. The molecule has 1 fully saturated rings. The second-order valence-corrected chi connectivity index (χ2v) is 5.26. The molecule has 0 amide bonds. The van der Waals surface area contributed by atoms with Gasteiger partial charge in [-0.15, -0.1) is 0 Å². The van der Waals surface area contributed by atoms with Crippen LogP contribution in [0.4, 0.5) is 10.1 Å². The molecule has 1 aliphatic heterocycles. The van der Waals surface area contributed by atoms with Gasteiger partial charge < -0.3 is 15.0 Å². The zero-order valence-corrected chi connectivity index (χ0v) is 12.1. The summed E-state index contributed by atoms with van der Waals surface area (Å²) in [5.41, 5.74) is 1.61. The number of nitrogens with one attached hydrogen (secondary N) is 1. The van der Waals surface area contributed by atoms with E-state index in [1.807, 2.05) is 45.0 Å². The number of benzene rings is 1. The standard InChI is InChI=1S/C15H23FN2O/c1-10(17-3)12-5-6-15(13(16)9-12)18(4)14-7-8-19-11(14)2/h5-6,9-11,14,17H,7-8H2,1-4H3. The summed E-state index contributed by atoms with van der Waals surface area (Å²) in [5.74, 6) is -0.166. The monoisotopic (exact) mass is 266 g/mol. The molecule has 3 nitrogen and oxygen atoms in total. The maximum absolute atomic E-state index is 14.3. The molecule has 3 unspecified atom stereocenters. The third-order valence-corrected chi connectivity index (χ3v) is 4.12. The molecule has 2 rings (SSSR count). The number of hydrogen-bond acceptors (Lipinski definition) is 3. The number of nitrogens with zero attached hydrogens (tertiary/aromatic N) is 1. The molecule has 1 heterocycles. The van der Waals surface area contributed by atoms with E-state index in [4.69, 9.17) is 4.74 Å². The number of hydrogen-bond donors (Lipinski definition) is 1. The molecule has 1 saturated heterocycles. The van der Waals surface area contributed by atoms with E-state index in [0.717, 1.165) is 18.6 Å². The van der Waals surface area contributed by atoms with Crippen LogP contribution in [0.5, 0.6) is 0 Å². The minimum atomic E-state index is -0.166. The fourth-order valence-electron chi connectivity index (χ4n) is 2.65. The van der Waals surface area contributed by atoms with Crippen molar-refractivity contribution in [2.75, 3.05) is 25.6 Å². The summed E-state index contributed by atoms with van der Waals surface area (Å²) in [6, 6.07) is 5.87. The third-order valence-electron chi connectivity index (χ3n) is 4.12. The van der Waals surface area contributed by atoms with E-state index in [-0.39, 0.29) is 24.0 Å². The van der Waals surface area contributed by atoms with E-state index in [2.05, 4.69) is 5.32 Å². The van der Waals surface area contributed by atoms with Crippen molar-refractivity contribution in [2.24, 2.45) is 0 Å². The summed E-state index contributed by atoms with van der Waals surface area (Å²) in [6.07, 6.45) is 1.10. The van der Waals surface area contributed by atoms with Crippen molar-refractivity contribution in [1.29, 1.82) is 0 Å². The Morgan fingerprint density at radius 1 is 1.47 bits per heavy atom. The fourth-order valence-corrected chi connectivity index (χ4v) is 2.65. The first kappa shape index (κ1) is 14.3. The van der Waals surface area contributed by atoms with E-state index < -0.39 is 0 Å². The molecule has 0 bridgehead atoms. The van der Waals surface area contributed by atoms with Gasteiger partial charge in [0.2, 0.25) is 0 Å². The molecule has 106 valence electrons. The van der Waals surface area contributed by atoms with Crippen LogP contribution in [-0.2, 0) is 4.74 Å². The number of likely N-dealkylation sites (N-methyl/N-ethyl adjacent to an activating group) is 1. The minimum Gasteiger partial charge on any atom is -0.376 e. The molecule has 4 heteroatoms. The van der Waals surface area contributed by atoms with Crippen molar-refractivity contribution in [3.63, 3.8) is 0 Å². The van der Waals surface area contributed by atoms with Crippen molar-refractivity contribution in [2.45, 2.75) is 38.5 Å². The topological polar surface area (TPSA) is 24.5 Å². The van der Waals surface area contributed by atoms with Crippen LogP contribution in [0.15, 0.2) is 18.2 Å². The van der Waals surface area contributed by atoms with E-state index in [0.29, 0.717) is 5.69 Å². The maximum atomic E-state index is 14.3. The molecular weight excluding hydrogens is 243 g/mol. The van der Waals surface area contributed by atoms with Gasteiger partial charge in [0.25, 0.3) is 0 Å². The van der Waals surface area contributed by atoms with E-state index in [9.17, 15) is 4.39 Å². The van der Waals surface area contributed by atoms with E-state index in [1.165, 1.54) is 0 Å². The van der Waals surface area contributed by atoms with Crippen molar-refractivity contribution in [1.82, 2.24) is 5.32 Å². The van der Waals surface area contributed by atoms with Gasteiger partial charge in [0, 0.05) is 19.7 Å². The zero-order chi connectivity index (χ0) is 14.0. The second kappa shape index (κ2) is 5.88. The van der Waals surface area contributed by atoms with Gasteiger partial charge in [-0.3, -0.25) is 0 Å². The van der Waals surface area contributed by atoms with Gasteiger partial charge in [0.1, 0.15) is 5.82 Å². The van der Waals surface area contributed by atoms with E-state index >= 15 is 0 Å². The van der Waals surface area contributed by atoms with Crippen LogP contribution in [0.25, 0.3) is 0 Å². The van der Waals surface area contributed by atoms with Gasteiger partial charge in [0.15, 0.2) is 0 Å². The first-order chi connectivity index (χ1) is 9.04. The van der Waals surface area contributed by atoms with Crippen LogP contribution in [0.3, 0.4) is 0 Å². The van der Waals surface area contributed by atoms with Gasteiger partial charge in [-0.25, -0.2) is 4.39 Å². The SMILES string of the molecule is CNC(C)c1ccc(N(C)C2CCOC2C)c(F)c1. The number of rotatable bonds is 4. The summed E-state index contributed by atoms with van der Waals surface area (Å²) < 4.78 is 19.8. The van der Waals surface area contributed by atoms with Crippen molar-refractivity contribution >= 4 is 5.69 Å². The Morgan fingerprint density at radius 3 is 2.74 bits per heavy atom. The van der Waals surface area contributed by atoms with E-state index in [1.54, 1.807) is 6.07 Å². The van der Waals surface area contributed by atoms with Crippen LogP contribution in [-0.4, -0.2) is 32.8 Å². The first-order valence-electron chi connectivity index (χ1n) is 6.85. The van der Waals surface area contributed by atoms with Gasteiger partial charge in [-0.1, -0.05) is 6.07 Å². The molecule has 0 aromatic heterocycles. The molecule has 1 N–H and O–H groups in total. The lowest BCUT2D eigenvalue weighted by atomic mass is 10.1. The zero-order valence-electron chi connectivity index (χ0n) is 12.1. The molecule has 0 aliphatic carbocycles. The smallest absolute Gasteiger partial charge is 0.146 e. The highest BCUT2D eigenvalue weighted by Gasteiger charge is 2.29. The Morgan fingerprint density at radius 2 is 2.21 bits per heavy atom. The lowest BCUT2D eigenvalue weighted by molar-refractivity contribution is 0.118. The van der Waals surface area contributed by atoms with Crippen molar-refractivity contribution in [3.8, 4) is 0 Å². The highest BCUT2D eigenvalue weighted by atomic mass is 19.1. The van der Waals surface area contributed by atoms with Crippen LogP contribution < -0.4 is 10.2 Å². The molecule has 1 aliphatic rings. The highest BCUT2D eigenvalue weighted by molar-refractivity contribution is 5.50. The van der Waals surface area contributed by atoms with Crippen LogP contribution in [0, 0.1) is 5.82 Å². The van der Waals surface area contributed by atoms with Crippen LogP contribution in [0.2, 0.25) is 0 Å². The molecule has 1 aromatic rings. The van der Waals surface area contributed by atoms with Crippen molar-refractivity contribution < 1.29 is 9.13 Å². The number of halogens is 1. The summed E-state index contributed by atoms with van der Waals surface area (Å²) in [4.78, 5) is 2.00. The second-order valence-electron chi connectivity index (χ2n) is 5.26. The Kier molecular flexibility index (Phi) is 4.42. The average Bonchev–Trinajstić information content (AvgIpc) is 2.83. The summed E-state index contributed by atoms with van der Waals surface area (Å²) >= 11 is 0. The fraction of sp³-hybridized carbons (Fsp3) is 0.600. The molecule has 3 atom stereocenters. The van der Waals surface area contributed by atoms with Crippen LogP contribution in [0.1, 0.15) is 31.9 Å². The molecule has 0 spiro atoms.